The van der Waals surface area contributed by atoms with Crippen LogP contribution in [-0.4, -0.2) is 40.2 Å². The highest BCUT2D eigenvalue weighted by Gasteiger charge is 2.21. The van der Waals surface area contributed by atoms with Gasteiger partial charge in [-0.1, -0.05) is 0 Å². The molecule has 0 spiro atoms. The van der Waals surface area contributed by atoms with Crippen molar-refractivity contribution >= 4 is 17.5 Å². The molecule has 1 heterocycles. The lowest BCUT2D eigenvalue weighted by molar-refractivity contribution is -0.389. The van der Waals surface area contributed by atoms with E-state index in [-0.39, 0.29) is 11.3 Å². The summed E-state index contributed by atoms with van der Waals surface area (Å²) in [4.78, 5) is 24.5. The molecule has 0 bridgehead atoms. The van der Waals surface area contributed by atoms with Gasteiger partial charge in [-0.05, 0) is 23.8 Å². The van der Waals surface area contributed by atoms with Crippen molar-refractivity contribution in [1.82, 2.24) is 4.98 Å². The molecule has 0 saturated heterocycles. The minimum absolute atomic E-state index is 0.200. The van der Waals surface area contributed by atoms with Crippen molar-refractivity contribution in [3.05, 3.63) is 27.9 Å². The zero-order valence-corrected chi connectivity index (χ0v) is 10.8. The first kappa shape index (κ1) is 14.8. The number of aromatic nitrogens is 1. The molecular weight excluding hydrogens is 254 g/mol. The van der Waals surface area contributed by atoms with Gasteiger partial charge in [0.15, 0.2) is 6.20 Å². The van der Waals surface area contributed by atoms with E-state index in [1.807, 2.05) is 13.8 Å². The predicted octanol–water partition coefficient (Wildman–Crippen LogP) is 1.52. The highest BCUT2D eigenvalue weighted by Crippen LogP contribution is 2.20. The summed E-state index contributed by atoms with van der Waals surface area (Å²) >= 11 is 0. The van der Waals surface area contributed by atoms with Crippen molar-refractivity contribution < 1.29 is 19.6 Å². The summed E-state index contributed by atoms with van der Waals surface area (Å²) < 4.78 is 5.18. The Kier molecular flexibility index (Phi) is 4.38. The molecule has 0 radical (unpaired) electrons. The summed E-state index contributed by atoms with van der Waals surface area (Å²) in [5.41, 5.74) is -0.491. The minimum atomic E-state index is -1.26. The van der Waals surface area contributed by atoms with Crippen LogP contribution in [0, 0.1) is 10.1 Å². The second-order valence-electron chi connectivity index (χ2n) is 4.47. The van der Waals surface area contributed by atoms with Gasteiger partial charge in [-0.25, -0.2) is 4.79 Å². The zero-order chi connectivity index (χ0) is 14.6. The van der Waals surface area contributed by atoms with Gasteiger partial charge in [-0.2, -0.15) is 0 Å². The van der Waals surface area contributed by atoms with Gasteiger partial charge >= 0.3 is 11.8 Å². The Balaban J connectivity index is 3.01. The van der Waals surface area contributed by atoms with Crippen LogP contribution in [0.1, 0.15) is 24.2 Å². The molecule has 8 nitrogen and oxygen atoms in total. The molecule has 19 heavy (non-hydrogen) atoms. The molecule has 0 fully saturated rings. The van der Waals surface area contributed by atoms with Gasteiger partial charge in [0.25, 0.3) is 0 Å². The first-order valence-electron chi connectivity index (χ1n) is 5.43. The van der Waals surface area contributed by atoms with Crippen LogP contribution in [0.2, 0.25) is 0 Å². The SMILES string of the molecule is COC(C)(C)CNc1cnc([N+](=O)[O-])cc1C(=O)O. The van der Waals surface area contributed by atoms with Gasteiger partial charge in [-0.3, -0.25) is 0 Å². The predicted molar refractivity (Wildman–Crippen MR) is 67.4 cm³/mol. The van der Waals surface area contributed by atoms with Crippen LogP contribution in [0.5, 0.6) is 0 Å². The third kappa shape index (κ3) is 3.88. The van der Waals surface area contributed by atoms with Crippen LogP contribution in [-0.2, 0) is 4.74 Å². The molecule has 1 aromatic heterocycles. The fourth-order valence-electron chi connectivity index (χ4n) is 1.24. The Morgan fingerprint density at radius 3 is 2.74 bits per heavy atom. The van der Waals surface area contributed by atoms with Crippen molar-refractivity contribution in [3.63, 3.8) is 0 Å². The number of methoxy groups -OCH3 is 1. The Morgan fingerprint density at radius 2 is 2.26 bits per heavy atom. The maximum atomic E-state index is 11.1. The van der Waals surface area contributed by atoms with Crippen LogP contribution in [0.3, 0.4) is 0 Å². The summed E-state index contributed by atoms with van der Waals surface area (Å²) in [6, 6.07) is 0.921. The van der Waals surface area contributed by atoms with Gasteiger partial charge in [0.1, 0.15) is 0 Å². The number of hydrogen-bond donors (Lipinski definition) is 2. The maximum absolute atomic E-state index is 11.1. The van der Waals surface area contributed by atoms with Crippen LogP contribution in [0.4, 0.5) is 11.5 Å². The summed E-state index contributed by atoms with van der Waals surface area (Å²) in [6.45, 7) is 3.97. The number of nitro groups is 1. The molecule has 1 rings (SSSR count). The molecule has 8 heteroatoms. The van der Waals surface area contributed by atoms with Gasteiger partial charge in [0.2, 0.25) is 0 Å². The standard InChI is InChI=1S/C11H15N3O5/c1-11(2,19-3)6-13-8-5-12-9(14(17)18)4-7(8)10(15)16/h4-5,13H,6H2,1-3H3,(H,15,16). The van der Waals surface area contributed by atoms with E-state index in [2.05, 4.69) is 10.3 Å². The smallest absolute Gasteiger partial charge is 0.364 e. The molecule has 104 valence electrons. The number of anilines is 1. The van der Waals surface area contributed by atoms with Gasteiger partial charge in [0.05, 0.1) is 22.9 Å². The number of pyridine rings is 1. The van der Waals surface area contributed by atoms with E-state index in [0.717, 1.165) is 12.3 Å². The van der Waals surface area contributed by atoms with E-state index in [1.165, 1.54) is 7.11 Å². The van der Waals surface area contributed by atoms with E-state index in [4.69, 9.17) is 9.84 Å². The first-order chi connectivity index (χ1) is 8.76. The maximum Gasteiger partial charge on any atom is 0.364 e. The number of carboxylic acids is 1. The number of carbonyl (C=O) groups is 1. The largest absolute Gasteiger partial charge is 0.478 e. The lowest BCUT2D eigenvalue weighted by atomic mass is 10.1. The Morgan fingerprint density at radius 1 is 1.63 bits per heavy atom. The molecule has 0 aromatic carbocycles. The number of carboxylic acid groups (broad SMARTS) is 1. The third-order valence-electron chi connectivity index (χ3n) is 2.56. The number of rotatable bonds is 6. The summed E-state index contributed by atoms with van der Waals surface area (Å²) in [7, 11) is 1.54. The molecule has 1 aromatic rings. The minimum Gasteiger partial charge on any atom is -0.478 e. The number of nitrogens with zero attached hydrogens (tertiary/aromatic N) is 2. The Bertz CT molecular complexity index is 501. The molecule has 0 aliphatic rings. The topological polar surface area (TPSA) is 115 Å². The molecule has 0 aliphatic carbocycles. The highest BCUT2D eigenvalue weighted by molar-refractivity contribution is 5.94. The van der Waals surface area contributed by atoms with Crippen molar-refractivity contribution in [1.29, 1.82) is 0 Å². The molecule has 0 aliphatic heterocycles. The van der Waals surface area contributed by atoms with E-state index in [1.54, 1.807) is 0 Å². The molecule has 2 N–H and O–H groups in total. The fraction of sp³-hybridized carbons (Fsp3) is 0.455. The fourth-order valence-corrected chi connectivity index (χ4v) is 1.24. The van der Waals surface area contributed by atoms with E-state index < -0.39 is 22.3 Å². The number of aromatic carboxylic acids is 1. The summed E-state index contributed by atoms with van der Waals surface area (Å²) in [6.07, 6.45) is 1.13. The monoisotopic (exact) mass is 269 g/mol. The van der Waals surface area contributed by atoms with Crippen LogP contribution in [0.15, 0.2) is 12.3 Å². The van der Waals surface area contributed by atoms with Crippen LogP contribution >= 0.6 is 0 Å². The Labute approximate surface area is 109 Å². The second kappa shape index (κ2) is 5.61. The summed E-state index contributed by atoms with van der Waals surface area (Å²) in [5.74, 6) is -1.77. The lowest BCUT2D eigenvalue weighted by Gasteiger charge is -2.23. The lowest BCUT2D eigenvalue weighted by Crippen LogP contribution is -2.32. The van der Waals surface area contributed by atoms with Gasteiger partial charge < -0.3 is 25.3 Å². The van der Waals surface area contributed by atoms with E-state index in [0.29, 0.717) is 6.54 Å². The number of nitrogens with one attached hydrogen (secondary N) is 1. The van der Waals surface area contributed by atoms with Crippen molar-refractivity contribution in [2.45, 2.75) is 19.4 Å². The highest BCUT2D eigenvalue weighted by atomic mass is 16.6. The molecule has 0 unspecified atom stereocenters. The Hall–Kier alpha value is -2.22. The normalized spacial score (nSPS) is 11.1. The average Bonchev–Trinajstić information content (AvgIpc) is 2.36. The average molecular weight is 269 g/mol. The van der Waals surface area contributed by atoms with Gasteiger partial charge in [-0.15, -0.1) is 0 Å². The molecular formula is C11H15N3O5. The van der Waals surface area contributed by atoms with Crippen molar-refractivity contribution in [2.24, 2.45) is 0 Å². The van der Waals surface area contributed by atoms with Crippen molar-refractivity contribution in [3.8, 4) is 0 Å². The van der Waals surface area contributed by atoms with E-state index in [9.17, 15) is 14.9 Å². The molecule has 0 saturated carbocycles. The van der Waals surface area contributed by atoms with Crippen LogP contribution in [0.25, 0.3) is 0 Å². The first-order valence-corrected chi connectivity index (χ1v) is 5.43. The molecule has 0 atom stereocenters. The van der Waals surface area contributed by atoms with Crippen LogP contribution < -0.4 is 5.32 Å². The zero-order valence-electron chi connectivity index (χ0n) is 10.8. The molecule has 0 amide bonds. The van der Waals surface area contributed by atoms with Gasteiger partial charge in [0, 0.05) is 13.7 Å². The second-order valence-corrected chi connectivity index (χ2v) is 4.47. The quantitative estimate of drug-likeness (QED) is 0.594. The van der Waals surface area contributed by atoms with Crippen molar-refractivity contribution in [2.75, 3.05) is 19.0 Å². The number of ether oxygens (including phenoxy) is 1. The number of hydrogen-bond acceptors (Lipinski definition) is 6. The summed E-state index contributed by atoms with van der Waals surface area (Å²) in [5, 5.41) is 22.5. The van der Waals surface area contributed by atoms with E-state index >= 15 is 0 Å². The third-order valence-corrected chi connectivity index (χ3v) is 2.56.